The molecule has 1 saturated heterocycles. The Hall–Kier alpha value is -2.81. The number of aromatic carboxylic acids is 1. The predicted molar refractivity (Wildman–Crippen MR) is 88.1 cm³/mol. The molecule has 0 saturated carbocycles. The number of nitrogens with zero attached hydrogens (tertiary/aromatic N) is 1. The Morgan fingerprint density at radius 2 is 1.80 bits per heavy atom. The van der Waals surface area contributed by atoms with Crippen molar-refractivity contribution in [2.45, 2.75) is 23.6 Å². The highest BCUT2D eigenvalue weighted by molar-refractivity contribution is 8.01. The third kappa shape index (κ3) is 2.86. The number of carboxylic acids is 2. The second kappa shape index (κ2) is 6.25. The van der Waals surface area contributed by atoms with Crippen LogP contribution in [0, 0.1) is 0 Å². The Balaban J connectivity index is 1.79. The number of amides is 2. The fraction of sp³-hybridized carbons (Fsp3) is 0.250. The number of benzene rings is 1. The molecule has 1 aromatic rings. The van der Waals surface area contributed by atoms with Crippen molar-refractivity contribution in [2.24, 2.45) is 0 Å². The van der Waals surface area contributed by atoms with Crippen LogP contribution in [0.3, 0.4) is 0 Å². The first-order chi connectivity index (χ1) is 11.8. The highest BCUT2D eigenvalue weighted by Crippen LogP contribution is 2.40. The molecule has 3 rings (SSSR count). The third-order valence-corrected chi connectivity index (χ3v) is 5.65. The standard InChI is InChI=1S/C16H14N2O6S/c1-7-6-18-13(20)10(14(18)25-11(7)16(23)24)17-12(19)8-4-2-3-5-9(8)15(21)22/h2-6,10-11,14H,1H3,(H,17,19)(H,21,22)(H,23,24)/t10?,11?,14-/m1/s1. The zero-order valence-corrected chi connectivity index (χ0v) is 13.8. The van der Waals surface area contributed by atoms with Gasteiger partial charge < -0.3 is 20.4 Å². The van der Waals surface area contributed by atoms with Crippen LogP contribution in [0.15, 0.2) is 36.0 Å². The van der Waals surface area contributed by atoms with E-state index in [-0.39, 0.29) is 17.0 Å². The van der Waals surface area contributed by atoms with E-state index in [1.165, 1.54) is 35.4 Å². The van der Waals surface area contributed by atoms with Gasteiger partial charge in [-0.3, -0.25) is 14.4 Å². The number of hydrogen-bond acceptors (Lipinski definition) is 5. The molecular formula is C16H14N2O6S. The van der Waals surface area contributed by atoms with Gasteiger partial charge in [-0.05, 0) is 24.6 Å². The minimum absolute atomic E-state index is 0.0523. The second-order valence-corrected chi connectivity index (χ2v) is 6.89. The fourth-order valence-electron chi connectivity index (χ4n) is 2.77. The Morgan fingerprint density at radius 3 is 2.40 bits per heavy atom. The summed E-state index contributed by atoms with van der Waals surface area (Å²) in [6, 6.07) is 4.79. The number of thioether (sulfide) groups is 1. The maximum absolute atomic E-state index is 12.4. The van der Waals surface area contributed by atoms with E-state index in [1.807, 2.05) is 0 Å². The first-order valence-electron chi connectivity index (χ1n) is 7.33. The summed E-state index contributed by atoms with van der Waals surface area (Å²) in [6.07, 6.45) is 1.48. The molecule has 9 heteroatoms. The number of hydrogen-bond donors (Lipinski definition) is 3. The van der Waals surface area contributed by atoms with E-state index >= 15 is 0 Å². The van der Waals surface area contributed by atoms with Crippen molar-refractivity contribution in [3.8, 4) is 0 Å². The Bertz CT molecular complexity index is 821. The summed E-state index contributed by atoms with van der Waals surface area (Å²) in [4.78, 5) is 48.4. The number of carbonyl (C=O) groups is 4. The van der Waals surface area contributed by atoms with Crippen LogP contribution in [0.25, 0.3) is 0 Å². The average Bonchev–Trinajstić information content (AvgIpc) is 2.58. The largest absolute Gasteiger partial charge is 0.480 e. The highest BCUT2D eigenvalue weighted by Gasteiger charge is 2.52. The zero-order chi connectivity index (χ0) is 18.3. The maximum atomic E-state index is 12.4. The van der Waals surface area contributed by atoms with E-state index in [0.717, 1.165) is 11.8 Å². The summed E-state index contributed by atoms with van der Waals surface area (Å²) in [5.41, 5.74) is 0.325. The molecule has 2 aliphatic heterocycles. The lowest BCUT2D eigenvalue weighted by atomic mass is 10.0. The summed E-state index contributed by atoms with van der Waals surface area (Å²) in [5, 5.41) is 19.6. The van der Waals surface area contributed by atoms with Crippen LogP contribution in [0.1, 0.15) is 27.6 Å². The number of β-lactam (4-membered cyclic amide) rings is 1. The van der Waals surface area contributed by atoms with Gasteiger partial charge in [0.05, 0.1) is 11.1 Å². The van der Waals surface area contributed by atoms with Gasteiger partial charge in [-0.25, -0.2) is 4.79 Å². The molecule has 0 bridgehead atoms. The van der Waals surface area contributed by atoms with Crippen molar-refractivity contribution >= 4 is 35.5 Å². The molecule has 130 valence electrons. The topological polar surface area (TPSA) is 124 Å². The molecule has 3 atom stereocenters. The highest BCUT2D eigenvalue weighted by atomic mass is 32.2. The predicted octanol–water partition coefficient (Wildman–Crippen LogP) is 0.755. The van der Waals surface area contributed by atoms with Crippen LogP contribution in [-0.4, -0.2) is 55.5 Å². The molecule has 3 N–H and O–H groups in total. The van der Waals surface area contributed by atoms with E-state index in [9.17, 15) is 24.3 Å². The lowest BCUT2D eigenvalue weighted by molar-refractivity contribution is -0.142. The third-order valence-electron chi connectivity index (χ3n) is 4.02. The summed E-state index contributed by atoms with van der Waals surface area (Å²) in [6.45, 7) is 1.63. The molecule has 0 radical (unpaired) electrons. The monoisotopic (exact) mass is 362 g/mol. The molecule has 0 spiro atoms. The van der Waals surface area contributed by atoms with Crippen molar-refractivity contribution in [1.82, 2.24) is 10.2 Å². The van der Waals surface area contributed by atoms with Gasteiger partial charge in [0.15, 0.2) is 0 Å². The molecular weight excluding hydrogens is 348 g/mol. The molecule has 0 aliphatic carbocycles. The fourth-order valence-corrected chi connectivity index (χ4v) is 4.08. The molecule has 2 aliphatic rings. The molecule has 25 heavy (non-hydrogen) atoms. The number of fused-ring (bicyclic) bond motifs is 1. The van der Waals surface area contributed by atoms with E-state index in [2.05, 4.69) is 5.32 Å². The molecule has 2 amide bonds. The van der Waals surface area contributed by atoms with Gasteiger partial charge in [0, 0.05) is 6.20 Å². The van der Waals surface area contributed by atoms with Gasteiger partial charge in [-0.15, -0.1) is 11.8 Å². The molecule has 2 unspecified atom stereocenters. The Morgan fingerprint density at radius 1 is 1.16 bits per heavy atom. The van der Waals surface area contributed by atoms with Crippen LogP contribution < -0.4 is 5.32 Å². The van der Waals surface area contributed by atoms with Gasteiger partial charge in [0.2, 0.25) is 0 Å². The minimum Gasteiger partial charge on any atom is -0.480 e. The van der Waals surface area contributed by atoms with Crippen LogP contribution in [0.2, 0.25) is 0 Å². The van der Waals surface area contributed by atoms with Crippen LogP contribution in [0.5, 0.6) is 0 Å². The normalized spacial score (nSPS) is 24.7. The summed E-state index contributed by atoms with van der Waals surface area (Å²) in [5.74, 6) is -3.31. The van der Waals surface area contributed by atoms with Crippen LogP contribution in [0.4, 0.5) is 0 Å². The van der Waals surface area contributed by atoms with Crippen molar-refractivity contribution in [3.05, 3.63) is 47.2 Å². The van der Waals surface area contributed by atoms with Crippen molar-refractivity contribution in [3.63, 3.8) is 0 Å². The van der Waals surface area contributed by atoms with Gasteiger partial charge in [-0.1, -0.05) is 12.1 Å². The van der Waals surface area contributed by atoms with E-state index < -0.39 is 34.5 Å². The maximum Gasteiger partial charge on any atom is 0.336 e. The first kappa shape index (κ1) is 17.0. The van der Waals surface area contributed by atoms with Gasteiger partial charge in [0.25, 0.3) is 11.8 Å². The van der Waals surface area contributed by atoms with E-state index in [4.69, 9.17) is 5.11 Å². The van der Waals surface area contributed by atoms with E-state index in [1.54, 1.807) is 6.92 Å². The second-order valence-electron chi connectivity index (χ2n) is 5.67. The zero-order valence-electron chi connectivity index (χ0n) is 13.0. The number of carbonyl (C=O) groups excluding carboxylic acids is 2. The first-order valence-corrected chi connectivity index (χ1v) is 8.27. The molecule has 1 fully saturated rings. The summed E-state index contributed by atoms with van der Waals surface area (Å²) < 4.78 is 0. The Labute approximate surface area is 146 Å². The van der Waals surface area contributed by atoms with Crippen molar-refractivity contribution < 1.29 is 29.4 Å². The SMILES string of the molecule is CC1=CN2C(=O)C(NC(=O)c3ccccc3C(=O)O)[C@H]2SC1C(=O)O. The van der Waals surface area contributed by atoms with Gasteiger partial charge in [0.1, 0.15) is 16.7 Å². The van der Waals surface area contributed by atoms with Gasteiger partial charge in [-0.2, -0.15) is 0 Å². The Kier molecular flexibility index (Phi) is 4.25. The van der Waals surface area contributed by atoms with Crippen LogP contribution >= 0.6 is 11.8 Å². The quantitative estimate of drug-likeness (QED) is 0.675. The molecule has 2 heterocycles. The lowest BCUT2D eigenvalue weighted by Gasteiger charge is -2.48. The van der Waals surface area contributed by atoms with E-state index in [0.29, 0.717) is 5.57 Å². The van der Waals surface area contributed by atoms with Crippen LogP contribution in [-0.2, 0) is 9.59 Å². The summed E-state index contributed by atoms with van der Waals surface area (Å²) in [7, 11) is 0. The molecule has 1 aromatic carbocycles. The van der Waals surface area contributed by atoms with Crippen molar-refractivity contribution in [1.29, 1.82) is 0 Å². The van der Waals surface area contributed by atoms with Gasteiger partial charge >= 0.3 is 11.9 Å². The molecule has 8 nitrogen and oxygen atoms in total. The lowest BCUT2D eigenvalue weighted by Crippen LogP contribution is -2.69. The molecule has 0 aromatic heterocycles. The minimum atomic E-state index is -1.25. The summed E-state index contributed by atoms with van der Waals surface area (Å²) >= 11 is 1.06. The number of carboxylic acid groups (broad SMARTS) is 2. The number of rotatable bonds is 4. The smallest absolute Gasteiger partial charge is 0.336 e. The number of aliphatic carboxylic acids is 1. The average molecular weight is 362 g/mol. The number of nitrogens with one attached hydrogen (secondary N) is 1. The van der Waals surface area contributed by atoms with Crippen molar-refractivity contribution in [2.75, 3.05) is 0 Å².